The SMILES string of the molecule is CC(O)COc1cnc(-c2ccc(Br)cc2)nc1. The van der Waals surface area contributed by atoms with E-state index in [1.165, 1.54) is 0 Å². The Balaban J connectivity index is 2.09. The third-order valence-electron chi connectivity index (χ3n) is 2.22. The summed E-state index contributed by atoms with van der Waals surface area (Å²) in [5.74, 6) is 1.20. The summed E-state index contributed by atoms with van der Waals surface area (Å²) < 4.78 is 6.31. The second kappa shape index (κ2) is 5.93. The van der Waals surface area contributed by atoms with E-state index in [0.717, 1.165) is 10.0 Å². The van der Waals surface area contributed by atoms with E-state index in [0.29, 0.717) is 11.6 Å². The van der Waals surface area contributed by atoms with Gasteiger partial charge in [-0.05, 0) is 19.1 Å². The van der Waals surface area contributed by atoms with Crippen molar-refractivity contribution in [3.63, 3.8) is 0 Å². The van der Waals surface area contributed by atoms with E-state index in [4.69, 9.17) is 9.84 Å². The van der Waals surface area contributed by atoms with E-state index in [9.17, 15) is 0 Å². The van der Waals surface area contributed by atoms with Gasteiger partial charge >= 0.3 is 0 Å². The van der Waals surface area contributed by atoms with E-state index < -0.39 is 6.10 Å². The molecule has 0 aliphatic heterocycles. The molecule has 2 aromatic rings. The Bertz CT molecular complexity index is 497. The largest absolute Gasteiger partial charge is 0.488 e. The molecule has 0 bridgehead atoms. The monoisotopic (exact) mass is 308 g/mol. The second-order valence-corrected chi connectivity index (χ2v) is 4.82. The number of hydrogen-bond donors (Lipinski definition) is 1. The first kappa shape index (κ1) is 13.0. The minimum atomic E-state index is -0.504. The molecule has 1 unspecified atom stereocenters. The van der Waals surface area contributed by atoms with Crippen LogP contribution in [0.25, 0.3) is 11.4 Å². The summed E-state index contributed by atoms with van der Waals surface area (Å²) in [5.41, 5.74) is 0.945. The third kappa shape index (κ3) is 3.51. The van der Waals surface area contributed by atoms with Crippen LogP contribution in [0.1, 0.15) is 6.92 Å². The zero-order chi connectivity index (χ0) is 13.0. The molecule has 0 aliphatic rings. The summed E-state index contributed by atoms with van der Waals surface area (Å²) in [7, 11) is 0. The number of rotatable bonds is 4. The normalized spacial score (nSPS) is 12.2. The lowest BCUT2D eigenvalue weighted by molar-refractivity contribution is 0.122. The van der Waals surface area contributed by atoms with E-state index >= 15 is 0 Å². The average molecular weight is 309 g/mol. The van der Waals surface area contributed by atoms with Crippen molar-refractivity contribution >= 4 is 15.9 Å². The van der Waals surface area contributed by atoms with Crippen LogP contribution in [0.15, 0.2) is 41.1 Å². The first-order valence-corrected chi connectivity index (χ1v) is 6.33. The summed E-state index contributed by atoms with van der Waals surface area (Å²) in [6.07, 6.45) is 2.70. The van der Waals surface area contributed by atoms with Crippen LogP contribution in [-0.2, 0) is 0 Å². The Morgan fingerprint density at radius 1 is 1.22 bits per heavy atom. The van der Waals surface area contributed by atoms with Crippen molar-refractivity contribution in [2.75, 3.05) is 6.61 Å². The van der Waals surface area contributed by atoms with Crippen LogP contribution in [0, 0.1) is 0 Å². The number of nitrogens with zero attached hydrogens (tertiary/aromatic N) is 2. The van der Waals surface area contributed by atoms with Gasteiger partial charge in [-0.2, -0.15) is 0 Å². The number of ether oxygens (including phenoxy) is 1. The van der Waals surface area contributed by atoms with Crippen LogP contribution in [0.5, 0.6) is 5.75 Å². The van der Waals surface area contributed by atoms with E-state index in [-0.39, 0.29) is 6.61 Å². The van der Waals surface area contributed by atoms with Crippen molar-refractivity contribution in [3.8, 4) is 17.1 Å². The molecule has 2 rings (SSSR count). The molecule has 0 spiro atoms. The fourth-order valence-electron chi connectivity index (χ4n) is 1.36. The molecule has 5 heteroatoms. The maximum atomic E-state index is 9.10. The van der Waals surface area contributed by atoms with E-state index in [2.05, 4.69) is 25.9 Å². The summed E-state index contributed by atoms with van der Waals surface area (Å²) in [6.45, 7) is 1.90. The molecule has 18 heavy (non-hydrogen) atoms. The fraction of sp³-hybridized carbons (Fsp3) is 0.231. The van der Waals surface area contributed by atoms with Crippen molar-refractivity contribution in [1.82, 2.24) is 9.97 Å². The lowest BCUT2D eigenvalue weighted by atomic mass is 10.2. The highest BCUT2D eigenvalue weighted by Crippen LogP contribution is 2.19. The molecular weight excluding hydrogens is 296 g/mol. The molecule has 1 aromatic heterocycles. The van der Waals surface area contributed by atoms with Crippen LogP contribution in [0.3, 0.4) is 0 Å². The van der Waals surface area contributed by atoms with Gasteiger partial charge in [0.2, 0.25) is 0 Å². The highest BCUT2D eigenvalue weighted by molar-refractivity contribution is 9.10. The lowest BCUT2D eigenvalue weighted by Gasteiger charge is -2.07. The zero-order valence-corrected chi connectivity index (χ0v) is 11.5. The summed E-state index contributed by atoms with van der Waals surface area (Å²) in [4.78, 5) is 8.45. The standard InChI is InChI=1S/C13H13BrN2O2/c1-9(17)8-18-12-6-15-13(16-7-12)10-2-4-11(14)5-3-10/h2-7,9,17H,8H2,1H3. The Labute approximate surface area is 114 Å². The molecular formula is C13H13BrN2O2. The molecule has 0 amide bonds. The maximum absolute atomic E-state index is 9.10. The average Bonchev–Trinajstić information content (AvgIpc) is 2.38. The van der Waals surface area contributed by atoms with Crippen molar-refractivity contribution < 1.29 is 9.84 Å². The van der Waals surface area contributed by atoms with Crippen LogP contribution >= 0.6 is 15.9 Å². The van der Waals surface area contributed by atoms with Crippen LogP contribution in [0.4, 0.5) is 0 Å². The lowest BCUT2D eigenvalue weighted by Crippen LogP contribution is -2.13. The van der Waals surface area contributed by atoms with Gasteiger partial charge in [0.15, 0.2) is 11.6 Å². The molecule has 94 valence electrons. The first-order chi connectivity index (χ1) is 8.65. The van der Waals surface area contributed by atoms with Gasteiger partial charge < -0.3 is 9.84 Å². The predicted octanol–water partition coefficient (Wildman–Crippen LogP) is 2.67. The Hall–Kier alpha value is -1.46. The van der Waals surface area contributed by atoms with Gasteiger partial charge in [-0.15, -0.1) is 0 Å². The highest BCUT2D eigenvalue weighted by atomic mass is 79.9. The van der Waals surface area contributed by atoms with Gasteiger partial charge in [0, 0.05) is 10.0 Å². The summed E-state index contributed by atoms with van der Waals surface area (Å²) in [5, 5.41) is 9.10. The summed E-state index contributed by atoms with van der Waals surface area (Å²) in [6, 6.07) is 7.76. The van der Waals surface area contributed by atoms with Crippen LogP contribution in [-0.4, -0.2) is 27.8 Å². The van der Waals surface area contributed by atoms with Gasteiger partial charge in [0.1, 0.15) is 6.61 Å². The van der Waals surface area contributed by atoms with Gasteiger partial charge in [0.05, 0.1) is 18.5 Å². The number of aliphatic hydroxyl groups excluding tert-OH is 1. The Kier molecular flexibility index (Phi) is 4.28. The van der Waals surface area contributed by atoms with Gasteiger partial charge in [-0.25, -0.2) is 9.97 Å². The fourth-order valence-corrected chi connectivity index (χ4v) is 1.62. The van der Waals surface area contributed by atoms with Crippen molar-refractivity contribution in [3.05, 3.63) is 41.1 Å². The highest BCUT2D eigenvalue weighted by Gasteiger charge is 2.03. The molecule has 4 nitrogen and oxygen atoms in total. The van der Waals surface area contributed by atoms with Crippen molar-refractivity contribution in [2.45, 2.75) is 13.0 Å². The quantitative estimate of drug-likeness (QED) is 0.943. The Morgan fingerprint density at radius 3 is 2.39 bits per heavy atom. The minimum absolute atomic E-state index is 0.237. The molecule has 0 fully saturated rings. The topological polar surface area (TPSA) is 55.2 Å². The van der Waals surface area contributed by atoms with Crippen molar-refractivity contribution in [2.24, 2.45) is 0 Å². The molecule has 1 N–H and O–H groups in total. The molecule has 0 aliphatic carbocycles. The summed E-state index contributed by atoms with van der Waals surface area (Å²) >= 11 is 3.38. The number of hydrogen-bond acceptors (Lipinski definition) is 4. The minimum Gasteiger partial charge on any atom is -0.488 e. The van der Waals surface area contributed by atoms with Crippen molar-refractivity contribution in [1.29, 1.82) is 0 Å². The molecule has 1 atom stereocenters. The molecule has 0 saturated heterocycles. The van der Waals surface area contributed by atoms with Gasteiger partial charge in [0.25, 0.3) is 0 Å². The molecule has 1 aromatic carbocycles. The number of aliphatic hydroxyl groups is 1. The second-order valence-electron chi connectivity index (χ2n) is 3.91. The smallest absolute Gasteiger partial charge is 0.159 e. The maximum Gasteiger partial charge on any atom is 0.159 e. The predicted molar refractivity (Wildman–Crippen MR) is 72.3 cm³/mol. The van der Waals surface area contributed by atoms with Crippen LogP contribution in [0.2, 0.25) is 0 Å². The number of aromatic nitrogens is 2. The number of halogens is 1. The third-order valence-corrected chi connectivity index (χ3v) is 2.75. The molecule has 0 saturated carbocycles. The van der Waals surface area contributed by atoms with Gasteiger partial charge in [-0.3, -0.25) is 0 Å². The number of benzene rings is 1. The Morgan fingerprint density at radius 2 is 1.83 bits per heavy atom. The zero-order valence-electron chi connectivity index (χ0n) is 9.88. The van der Waals surface area contributed by atoms with E-state index in [1.807, 2.05) is 24.3 Å². The molecule has 0 radical (unpaired) electrons. The first-order valence-electron chi connectivity index (χ1n) is 5.54. The van der Waals surface area contributed by atoms with E-state index in [1.54, 1.807) is 19.3 Å². The van der Waals surface area contributed by atoms with Gasteiger partial charge in [-0.1, -0.05) is 28.1 Å². The van der Waals surface area contributed by atoms with Crippen LogP contribution < -0.4 is 4.74 Å². The molecule has 1 heterocycles.